The molecular weight excluding hydrogens is 290 g/mol. The van der Waals surface area contributed by atoms with E-state index in [1.54, 1.807) is 0 Å². The van der Waals surface area contributed by atoms with E-state index >= 15 is 0 Å². The summed E-state index contributed by atoms with van der Waals surface area (Å²) in [4.78, 5) is 0. The van der Waals surface area contributed by atoms with Crippen molar-refractivity contribution >= 4 is 8.03 Å². The van der Waals surface area contributed by atoms with Crippen LogP contribution in [0, 0.1) is 0 Å². The van der Waals surface area contributed by atoms with Crippen molar-refractivity contribution in [2.24, 2.45) is 0 Å². The van der Waals surface area contributed by atoms with Crippen LogP contribution in [-0.2, 0) is 25.6 Å². The van der Waals surface area contributed by atoms with Gasteiger partial charge in [0.25, 0.3) is 0 Å². The molecule has 0 aromatic carbocycles. The van der Waals surface area contributed by atoms with E-state index in [0.29, 0.717) is 6.61 Å². The smallest absolute Gasteiger partial charge is 0.191 e. The van der Waals surface area contributed by atoms with Crippen molar-refractivity contribution in [2.45, 2.75) is 78.1 Å². The molecule has 0 aromatic rings. The predicted octanol–water partition coefficient (Wildman–Crippen LogP) is 5.42. The summed E-state index contributed by atoms with van der Waals surface area (Å²) in [7, 11) is -1.72. The van der Waals surface area contributed by atoms with Crippen LogP contribution in [0.3, 0.4) is 0 Å². The predicted molar refractivity (Wildman–Crippen MR) is 77.3 cm³/mol. The first-order chi connectivity index (χ1) is 8.31. The summed E-state index contributed by atoms with van der Waals surface area (Å²) >= 11 is 0. The van der Waals surface area contributed by atoms with Gasteiger partial charge in [0, 0.05) is 22.7 Å². The molecule has 0 radical (unpaired) electrons. The van der Waals surface area contributed by atoms with Crippen molar-refractivity contribution in [3.63, 3.8) is 0 Å². The Labute approximate surface area is 124 Å². The summed E-state index contributed by atoms with van der Waals surface area (Å²) in [6.45, 7) is 5.13. The maximum absolute atomic E-state index is 11.5. The van der Waals surface area contributed by atoms with Gasteiger partial charge in [0.2, 0.25) is 0 Å². The molecule has 1 unspecified atom stereocenters. The van der Waals surface area contributed by atoms with Crippen molar-refractivity contribution in [1.29, 1.82) is 0 Å². The van der Waals surface area contributed by atoms with E-state index in [4.69, 9.17) is 4.52 Å². The van der Waals surface area contributed by atoms with E-state index in [0.717, 1.165) is 19.0 Å². The molecule has 4 heteroatoms. The summed E-state index contributed by atoms with van der Waals surface area (Å²) in [6.07, 6.45) is 13.1. The first-order valence-electron chi connectivity index (χ1n) is 7.46. The molecule has 0 N–H and O–H groups in total. The van der Waals surface area contributed by atoms with Gasteiger partial charge in [0.1, 0.15) is 0 Å². The van der Waals surface area contributed by atoms with Gasteiger partial charge in [-0.1, -0.05) is 65.2 Å². The molecule has 0 aliphatic carbocycles. The van der Waals surface area contributed by atoms with Crippen LogP contribution in [0.25, 0.3) is 0 Å². The summed E-state index contributed by atoms with van der Waals surface area (Å²) in [5, 5.41) is 0. The molecule has 0 bridgehead atoms. The van der Waals surface area contributed by atoms with E-state index in [1.807, 2.05) is 0 Å². The minimum Gasteiger partial charge on any atom is -0.330 e. The first kappa shape index (κ1) is 21.0. The fraction of sp³-hybridized carbons (Fsp3) is 1.00. The second-order valence-corrected chi connectivity index (χ2v) is 6.33. The number of unbranched alkanes of at least 4 members (excludes halogenated alkanes) is 8. The molecule has 0 amide bonds. The fourth-order valence-corrected chi connectivity index (χ4v) is 2.89. The zero-order valence-electron chi connectivity index (χ0n) is 12.1. The van der Waals surface area contributed by atoms with E-state index in [-0.39, 0.29) is 16.5 Å². The maximum Gasteiger partial charge on any atom is 0.191 e. The molecule has 0 aliphatic rings. The Bertz CT molecular complexity index is 177. The van der Waals surface area contributed by atoms with E-state index < -0.39 is 8.03 Å². The molecule has 0 saturated heterocycles. The Balaban J connectivity index is 0. The number of hydrogen-bond donors (Lipinski definition) is 0. The van der Waals surface area contributed by atoms with E-state index in [2.05, 4.69) is 13.8 Å². The van der Waals surface area contributed by atoms with Gasteiger partial charge >= 0.3 is 0 Å². The fourth-order valence-electron chi connectivity index (χ4n) is 1.84. The molecule has 0 rings (SSSR count). The minimum atomic E-state index is -1.72. The summed E-state index contributed by atoms with van der Waals surface area (Å²) in [5.41, 5.74) is 0. The van der Waals surface area contributed by atoms with Gasteiger partial charge in [-0.15, -0.1) is 0 Å². The van der Waals surface area contributed by atoms with Gasteiger partial charge in [0.15, 0.2) is 8.03 Å². The monoisotopic (exact) mass is 320 g/mol. The Morgan fingerprint density at radius 2 is 1.28 bits per heavy atom. The topological polar surface area (TPSA) is 26.3 Å². The van der Waals surface area contributed by atoms with Crippen molar-refractivity contribution < 1.29 is 25.6 Å². The van der Waals surface area contributed by atoms with Gasteiger partial charge in [-0.3, -0.25) is 4.57 Å². The van der Waals surface area contributed by atoms with Crippen molar-refractivity contribution in [1.82, 2.24) is 0 Å². The quantitative estimate of drug-likeness (QED) is 0.257. The molecule has 0 aliphatic heterocycles. The molecule has 0 spiro atoms. The number of rotatable bonds is 13. The van der Waals surface area contributed by atoms with Crippen LogP contribution in [0.2, 0.25) is 0 Å². The number of hydrogen-bond acceptors (Lipinski definition) is 2. The average molecular weight is 321 g/mol. The van der Waals surface area contributed by atoms with Crippen LogP contribution < -0.4 is 0 Å². The van der Waals surface area contributed by atoms with Crippen LogP contribution in [0.4, 0.5) is 0 Å². The molecule has 114 valence electrons. The zero-order chi connectivity index (χ0) is 12.8. The zero-order valence-corrected chi connectivity index (χ0v) is 14.1. The maximum atomic E-state index is 11.5. The van der Waals surface area contributed by atoms with E-state index in [1.165, 1.54) is 51.4 Å². The Kier molecular flexibility index (Phi) is 20.6. The molecule has 1 atom stereocenters. The van der Waals surface area contributed by atoms with Crippen LogP contribution in [0.1, 0.15) is 78.1 Å². The third-order valence-electron chi connectivity index (χ3n) is 3.00. The van der Waals surface area contributed by atoms with Gasteiger partial charge in [-0.25, -0.2) is 0 Å². The summed E-state index contributed by atoms with van der Waals surface area (Å²) < 4.78 is 16.9. The van der Waals surface area contributed by atoms with E-state index in [9.17, 15) is 4.57 Å². The molecular formula is C14H31NiO2P. The normalized spacial score (nSPS) is 12.1. The van der Waals surface area contributed by atoms with Gasteiger partial charge in [-0.05, 0) is 12.8 Å². The second-order valence-electron chi connectivity index (χ2n) is 4.80. The SMILES string of the molecule is CCCCCCCO[PH](=O)CCCCCCC.[Ni]. The third-order valence-corrected chi connectivity index (χ3v) is 4.28. The minimum absolute atomic E-state index is 0. The molecule has 0 heterocycles. The van der Waals surface area contributed by atoms with Crippen molar-refractivity contribution in [3.8, 4) is 0 Å². The summed E-state index contributed by atoms with van der Waals surface area (Å²) in [6, 6.07) is 0. The van der Waals surface area contributed by atoms with Crippen molar-refractivity contribution in [2.75, 3.05) is 12.8 Å². The molecule has 0 fully saturated rings. The van der Waals surface area contributed by atoms with Crippen LogP contribution in [0.5, 0.6) is 0 Å². The van der Waals surface area contributed by atoms with Crippen molar-refractivity contribution in [3.05, 3.63) is 0 Å². The van der Waals surface area contributed by atoms with Crippen LogP contribution in [-0.4, -0.2) is 12.8 Å². The van der Waals surface area contributed by atoms with Gasteiger partial charge in [-0.2, -0.15) is 0 Å². The second kappa shape index (κ2) is 17.7. The van der Waals surface area contributed by atoms with Gasteiger partial charge in [0.05, 0.1) is 6.61 Å². The van der Waals surface area contributed by atoms with Crippen LogP contribution in [0.15, 0.2) is 0 Å². The Morgan fingerprint density at radius 1 is 0.778 bits per heavy atom. The van der Waals surface area contributed by atoms with Crippen LogP contribution >= 0.6 is 8.03 Å². The first-order valence-corrected chi connectivity index (χ1v) is 8.99. The third kappa shape index (κ3) is 16.7. The molecule has 0 aromatic heterocycles. The molecule has 0 saturated carbocycles. The molecule has 18 heavy (non-hydrogen) atoms. The van der Waals surface area contributed by atoms with Gasteiger partial charge < -0.3 is 4.52 Å². The largest absolute Gasteiger partial charge is 0.330 e. The molecule has 2 nitrogen and oxygen atoms in total. The average Bonchev–Trinajstić information content (AvgIpc) is 2.33. The standard InChI is InChI=1S/C14H31O2P.Ni/c1-3-5-7-9-11-13-16-17(15)14-12-10-8-6-4-2;/h17H,3-14H2,1-2H3;. The summed E-state index contributed by atoms with van der Waals surface area (Å²) in [5.74, 6) is 0. The Hall–Kier alpha value is 0.684. The Morgan fingerprint density at radius 3 is 1.83 bits per heavy atom.